The molecule has 0 spiro atoms. The van der Waals surface area contributed by atoms with Crippen LogP contribution in [0.5, 0.6) is 0 Å². The summed E-state index contributed by atoms with van der Waals surface area (Å²) in [5.74, 6) is 0.736. The minimum absolute atomic E-state index is 0.305. The zero-order valence-corrected chi connectivity index (χ0v) is 19.1. The molecule has 0 bridgehead atoms. The fraction of sp³-hybridized carbons (Fsp3) is 0.308. The number of amides is 1. The number of likely N-dealkylation sites (tertiary alicyclic amines) is 1. The van der Waals surface area contributed by atoms with Crippen LogP contribution in [0.3, 0.4) is 0 Å². The number of methoxy groups -OCH3 is 1. The molecule has 1 amide bonds. The standard InChI is InChI=1S/C26H27N6O2/c1-34-13-12-32-10-7-19(8-11-32)18-2-4-22(5-3-18)30-25-24-20(6-9-29-26(24)33)14-23(31-25)21-15-27-17-28-16-21/h2-6,9,14-17,19H,7-8,10-13H2,1H3,(H,30,31). The Kier molecular flexibility index (Phi) is 6.60. The van der Waals surface area contributed by atoms with Gasteiger partial charge in [0.2, 0.25) is 0 Å². The molecule has 173 valence electrons. The lowest BCUT2D eigenvalue weighted by molar-refractivity contribution is 0.0965. The number of anilines is 2. The van der Waals surface area contributed by atoms with Gasteiger partial charge in [-0.25, -0.2) is 20.3 Å². The molecule has 4 heterocycles. The van der Waals surface area contributed by atoms with Gasteiger partial charge in [-0.15, -0.1) is 0 Å². The summed E-state index contributed by atoms with van der Waals surface area (Å²) in [6, 6.07) is 10.3. The Labute approximate surface area is 199 Å². The van der Waals surface area contributed by atoms with Gasteiger partial charge in [-0.05, 0) is 67.3 Å². The van der Waals surface area contributed by atoms with Gasteiger partial charge in [0.1, 0.15) is 12.1 Å². The molecule has 5 rings (SSSR count). The van der Waals surface area contributed by atoms with Crippen LogP contribution in [0.15, 0.2) is 55.3 Å². The lowest BCUT2D eigenvalue weighted by Gasteiger charge is -2.32. The van der Waals surface area contributed by atoms with Crippen LogP contribution >= 0.6 is 0 Å². The smallest absolute Gasteiger partial charge is 0.281 e. The number of aromatic nitrogens is 3. The maximum atomic E-state index is 12.6. The van der Waals surface area contributed by atoms with E-state index < -0.39 is 0 Å². The third kappa shape index (κ3) is 4.83. The highest BCUT2D eigenvalue weighted by molar-refractivity contribution is 6.05. The Balaban J connectivity index is 1.35. The Morgan fingerprint density at radius 1 is 1.12 bits per heavy atom. The molecule has 2 aromatic heterocycles. The van der Waals surface area contributed by atoms with Crippen molar-refractivity contribution in [3.63, 3.8) is 0 Å². The molecule has 2 aliphatic rings. The minimum Gasteiger partial charge on any atom is -0.383 e. The van der Waals surface area contributed by atoms with E-state index in [4.69, 9.17) is 9.72 Å². The van der Waals surface area contributed by atoms with Crippen molar-refractivity contribution in [2.24, 2.45) is 0 Å². The third-order valence-corrected chi connectivity index (χ3v) is 6.41. The first kappa shape index (κ1) is 22.2. The number of hydrogen-bond donors (Lipinski definition) is 1. The SMILES string of the molecule is COCCN1CCC(c2ccc(Nc3nc(-c4cncnc4)cc4c3C(=O)[N]C=C4)cc2)CC1. The van der Waals surface area contributed by atoms with Gasteiger partial charge in [0.05, 0.1) is 17.9 Å². The van der Waals surface area contributed by atoms with Crippen molar-refractivity contribution in [3.05, 3.63) is 71.9 Å². The molecular weight excluding hydrogens is 428 g/mol. The number of nitrogens with zero attached hydrogens (tertiary/aromatic N) is 5. The van der Waals surface area contributed by atoms with E-state index in [9.17, 15) is 4.79 Å². The lowest BCUT2D eigenvalue weighted by Crippen LogP contribution is -2.35. The Hall–Kier alpha value is -3.62. The Morgan fingerprint density at radius 2 is 1.88 bits per heavy atom. The van der Waals surface area contributed by atoms with Gasteiger partial charge in [0.25, 0.3) is 5.91 Å². The first-order chi connectivity index (χ1) is 16.7. The van der Waals surface area contributed by atoms with E-state index in [0.717, 1.165) is 55.9 Å². The molecule has 8 nitrogen and oxygen atoms in total. The van der Waals surface area contributed by atoms with Gasteiger partial charge in [-0.1, -0.05) is 12.1 Å². The fourth-order valence-corrected chi connectivity index (χ4v) is 4.53. The predicted molar refractivity (Wildman–Crippen MR) is 131 cm³/mol. The second kappa shape index (κ2) is 10.1. The number of piperidine rings is 1. The van der Waals surface area contributed by atoms with E-state index in [0.29, 0.717) is 23.0 Å². The van der Waals surface area contributed by atoms with Crippen LogP contribution in [0.25, 0.3) is 17.3 Å². The zero-order chi connectivity index (χ0) is 23.3. The van der Waals surface area contributed by atoms with Gasteiger partial charge in [0, 0.05) is 43.5 Å². The summed E-state index contributed by atoms with van der Waals surface area (Å²) in [7, 11) is 1.75. The van der Waals surface area contributed by atoms with Crippen molar-refractivity contribution in [3.8, 4) is 11.3 Å². The number of carbonyl (C=O) groups is 1. The minimum atomic E-state index is -0.305. The third-order valence-electron chi connectivity index (χ3n) is 6.41. The van der Waals surface area contributed by atoms with E-state index >= 15 is 0 Å². The highest BCUT2D eigenvalue weighted by Gasteiger charge is 2.23. The van der Waals surface area contributed by atoms with Crippen LogP contribution in [0.4, 0.5) is 11.5 Å². The molecule has 0 unspecified atom stereocenters. The number of nitrogens with one attached hydrogen (secondary N) is 1. The normalized spacial score (nSPS) is 16.2. The average Bonchev–Trinajstić information content (AvgIpc) is 2.89. The lowest BCUT2D eigenvalue weighted by atomic mass is 9.89. The molecule has 1 fully saturated rings. The highest BCUT2D eigenvalue weighted by atomic mass is 16.5. The van der Waals surface area contributed by atoms with Crippen LogP contribution in [0, 0.1) is 0 Å². The van der Waals surface area contributed by atoms with Crippen LogP contribution in [-0.2, 0) is 4.74 Å². The first-order valence-electron chi connectivity index (χ1n) is 11.5. The molecule has 2 aliphatic heterocycles. The van der Waals surface area contributed by atoms with E-state index in [2.05, 4.69) is 49.8 Å². The van der Waals surface area contributed by atoms with Gasteiger partial charge in [-0.3, -0.25) is 4.79 Å². The predicted octanol–water partition coefficient (Wildman–Crippen LogP) is 3.84. The number of pyridine rings is 1. The molecule has 1 radical (unpaired) electrons. The van der Waals surface area contributed by atoms with Crippen LogP contribution in [0.1, 0.15) is 40.2 Å². The number of benzene rings is 1. The van der Waals surface area contributed by atoms with Crippen molar-refractivity contribution in [2.45, 2.75) is 18.8 Å². The van der Waals surface area contributed by atoms with Crippen molar-refractivity contribution < 1.29 is 9.53 Å². The number of ether oxygens (including phenoxy) is 1. The summed E-state index contributed by atoms with van der Waals surface area (Å²) >= 11 is 0. The second-order valence-electron chi connectivity index (χ2n) is 8.55. The summed E-state index contributed by atoms with van der Waals surface area (Å²) in [6.45, 7) is 3.98. The van der Waals surface area contributed by atoms with Gasteiger partial charge in [-0.2, -0.15) is 0 Å². The summed E-state index contributed by atoms with van der Waals surface area (Å²) in [6.07, 6.45) is 10.5. The summed E-state index contributed by atoms with van der Waals surface area (Å²) in [4.78, 5) is 27.9. The molecule has 0 atom stereocenters. The summed E-state index contributed by atoms with van der Waals surface area (Å²) < 4.78 is 5.20. The molecule has 34 heavy (non-hydrogen) atoms. The number of fused-ring (bicyclic) bond motifs is 1. The maximum Gasteiger partial charge on any atom is 0.281 e. The van der Waals surface area contributed by atoms with Crippen molar-refractivity contribution in [2.75, 3.05) is 38.7 Å². The van der Waals surface area contributed by atoms with E-state index in [1.807, 2.05) is 12.1 Å². The summed E-state index contributed by atoms with van der Waals surface area (Å²) in [5.41, 5.74) is 4.93. The van der Waals surface area contributed by atoms with Crippen LogP contribution in [-0.4, -0.2) is 59.1 Å². The van der Waals surface area contributed by atoms with Crippen molar-refractivity contribution in [1.29, 1.82) is 0 Å². The van der Waals surface area contributed by atoms with E-state index in [1.165, 1.54) is 18.1 Å². The van der Waals surface area contributed by atoms with E-state index in [-0.39, 0.29) is 5.91 Å². The van der Waals surface area contributed by atoms with Gasteiger partial charge in [0.15, 0.2) is 0 Å². The van der Waals surface area contributed by atoms with Crippen LogP contribution < -0.4 is 10.6 Å². The average molecular weight is 456 g/mol. The first-order valence-corrected chi connectivity index (χ1v) is 11.5. The number of carbonyl (C=O) groups excluding carboxylic acids is 1. The van der Waals surface area contributed by atoms with Gasteiger partial charge < -0.3 is 15.0 Å². The van der Waals surface area contributed by atoms with Crippen molar-refractivity contribution in [1.82, 2.24) is 25.2 Å². The Morgan fingerprint density at radius 3 is 2.62 bits per heavy atom. The molecule has 1 N–H and O–H groups in total. The quantitative estimate of drug-likeness (QED) is 0.578. The second-order valence-corrected chi connectivity index (χ2v) is 8.55. The largest absolute Gasteiger partial charge is 0.383 e. The Bertz CT molecular complexity index is 1170. The number of rotatable bonds is 7. The molecule has 8 heteroatoms. The zero-order valence-electron chi connectivity index (χ0n) is 19.1. The topological polar surface area (TPSA) is 94.3 Å². The van der Waals surface area contributed by atoms with Crippen LogP contribution in [0.2, 0.25) is 0 Å². The summed E-state index contributed by atoms with van der Waals surface area (Å²) in [5, 5.41) is 7.28. The molecule has 1 aromatic carbocycles. The molecule has 3 aromatic rings. The highest BCUT2D eigenvalue weighted by Crippen LogP contribution is 2.32. The number of hydrogen-bond acceptors (Lipinski definition) is 7. The monoisotopic (exact) mass is 455 g/mol. The van der Waals surface area contributed by atoms with E-state index in [1.54, 1.807) is 19.5 Å². The molecule has 0 aliphatic carbocycles. The molecule has 0 saturated carbocycles. The molecular formula is C26H27N6O2. The van der Waals surface area contributed by atoms with Gasteiger partial charge >= 0.3 is 0 Å². The molecule has 1 saturated heterocycles. The fourth-order valence-electron chi connectivity index (χ4n) is 4.53. The van der Waals surface area contributed by atoms with Crippen molar-refractivity contribution >= 4 is 23.5 Å². The maximum absolute atomic E-state index is 12.6.